The first-order valence-corrected chi connectivity index (χ1v) is 11.7. The molecule has 0 saturated carbocycles. The summed E-state index contributed by atoms with van der Waals surface area (Å²) >= 11 is 1.63. The number of rotatable bonds is 5. The van der Waals surface area contributed by atoms with Gasteiger partial charge in [0.25, 0.3) is 0 Å². The van der Waals surface area contributed by atoms with Crippen LogP contribution in [0.4, 0.5) is 4.79 Å². The predicted molar refractivity (Wildman–Crippen MR) is 122 cm³/mol. The average Bonchev–Trinajstić information content (AvgIpc) is 3.36. The summed E-state index contributed by atoms with van der Waals surface area (Å²) in [5, 5.41) is 0.992. The zero-order valence-electron chi connectivity index (χ0n) is 17.8. The molecule has 8 nitrogen and oxygen atoms in total. The molecule has 0 N–H and O–H groups in total. The lowest BCUT2D eigenvalue weighted by Crippen LogP contribution is -2.46. The lowest BCUT2D eigenvalue weighted by Gasteiger charge is -2.32. The van der Waals surface area contributed by atoms with Gasteiger partial charge in [0.1, 0.15) is 6.54 Å². The molecule has 0 radical (unpaired) electrons. The molecule has 0 aliphatic carbocycles. The largest absolute Gasteiger partial charge is 0.340 e. The third-order valence-corrected chi connectivity index (χ3v) is 7.24. The van der Waals surface area contributed by atoms with Gasteiger partial charge in [0.05, 0.1) is 21.8 Å². The fourth-order valence-corrected chi connectivity index (χ4v) is 5.39. The number of imide groups is 2. The van der Waals surface area contributed by atoms with Crippen LogP contribution in [0.5, 0.6) is 0 Å². The smallest absolute Gasteiger partial charge is 0.335 e. The lowest BCUT2D eigenvalue weighted by molar-refractivity contribution is -0.145. The molecule has 33 heavy (non-hydrogen) atoms. The van der Waals surface area contributed by atoms with Gasteiger partial charge < -0.3 is 4.90 Å². The summed E-state index contributed by atoms with van der Waals surface area (Å²) in [5.74, 6) is -2.08. The van der Waals surface area contributed by atoms with Gasteiger partial charge in [-0.2, -0.15) is 0 Å². The van der Waals surface area contributed by atoms with Crippen LogP contribution in [0.3, 0.4) is 0 Å². The van der Waals surface area contributed by atoms with Crippen LogP contribution >= 0.6 is 11.3 Å². The summed E-state index contributed by atoms with van der Waals surface area (Å²) in [4.78, 5) is 58.7. The number of hydrogen-bond donors (Lipinski definition) is 0. The fourth-order valence-electron chi connectivity index (χ4n) is 4.30. The van der Waals surface area contributed by atoms with Gasteiger partial charge in [0, 0.05) is 19.0 Å². The Bertz CT molecular complexity index is 1210. The van der Waals surface area contributed by atoms with Gasteiger partial charge in [-0.15, -0.1) is 11.3 Å². The number of hydrogen-bond acceptors (Lipinski definition) is 6. The minimum atomic E-state index is -0.955. The highest BCUT2D eigenvalue weighted by Gasteiger charge is 2.45. The summed E-state index contributed by atoms with van der Waals surface area (Å²) in [7, 11) is 0. The molecule has 5 amide bonds. The molecule has 1 atom stereocenters. The van der Waals surface area contributed by atoms with Gasteiger partial charge in [0.2, 0.25) is 5.91 Å². The van der Waals surface area contributed by atoms with Crippen LogP contribution < -0.4 is 0 Å². The van der Waals surface area contributed by atoms with E-state index in [-0.39, 0.29) is 18.4 Å². The van der Waals surface area contributed by atoms with E-state index in [0.29, 0.717) is 13.1 Å². The van der Waals surface area contributed by atoms with Crippen molar-refractivity contribution < 1.29 is 19.2 Å². The van der Waals surface area contributed by atoms with Crippen molar-refractivity contribution in [3.05, 3.63) is 65.2 Å². The van der Waals surface area contributed by atoms with Crippen molar-refractivity contribution in [3.63, 3.8) is 0 Å². The van der Waals surface area contributed by atoms with Gasteiger partial charge >= 0.3 is 17.8 Å². The number of fused-ring (bicyclic) bond motifs is 1. The van der Waals surface area contributed by atoms with Gasteiger partial charge in [-0.05, 0) is 30.5 Å². The van der Waals surface area contributed by atoms with E-state index in [1.54, 1.807) is 40.5 Å². The third kappa shape index (κ3) is 4.11. The van der Waals surface area contributed by atoms with Crippen LogP contribution in [0.2, 0.25) is 0 Å². The Morgan fingerprint density at radius 3 is 2.48 bits per heavy atom. The van der Waals surface area contributed by atoms with E-state index in [0.717, 1.165) is 43.4 Å². The Morgan fingerprint density at radius 2 is 1.70 bits per heavy atom. The van der Waals surface area contributed by atoms with Gasteiger partial charge in [-0.25, -0.2) is 14.7 Å². The highest BCUT2D eigenvalue weighted by atomic mass is 32.1. The second kappa shape index (κ2) is 8.74. The fraction of sp³-hybridized carbons (Fsp3) is 0.292. The molecule has 1 aromatic heterocycles. The molecule has 2 aliphatic heterocycles. The molecule has 0 bridgehead atoms. The van der Waals surface area contributed by atoms with Gasteiger partial charge in [0.15, 0.2) is 0 Å². The Balaban J connectivity index is 1.26. The van der Waals surface area contributed by atoms with Crippen molar-refractivity contribution in [1.29, 1.82) is 0 Å². The Labute approximate surface area is 194 Å². The van der Waals surface area contributed by atoms with Crippen molar-refractivity contribution >= 4 is 45.3 Å². The first kappa shape index (κ1) is 21.3. The number of likely N-dealkylation sites (tertiary alicyclic amines) is 1. The molecule has 2 saturated heterocycles. The number of carbonyl (C=O) groups is 4. The molecule has 0 spiro atoms. The van der Waals surface area contributed by atoms with Crippen LogP contribution in [0.15, 0.2) is 54.6 Å². The molecule has 168 valence electrons. The molecular weight excluding hydrogens is 440 g/mol. The van der Waals surface area contributed by atoms with E-state index in [2.05, 4.69) is 0 Å². The molecule has 2 fully saturated rings. The zero-order chi connectivity index (χ0) is 22.9. The number of piperidine rings is 1. The van der Waals surface area contributed by atoms with Crippen LogP contribution in [-0.4, -0.2) is 63.1 Å². The second-order valence-corrected chi connectivity index (χ2v) is 9.31. The Morgan fingerprint density at radius 1 is 0.970 bits per heavy atom. The minimum Gasteiger partial charge on any atom is -0.340 e. The monoisotopic (exact) mass is 462 g/mol. The molecule has 3 heterocycles. The maximum atomic E-state index is 13.0. The van der Waals surface area contributed by atoms with E-state index in [4.69, 9.17) is 4.98 Å². The van der Waals surface area contributed by atoms with E-state index in [1.165, 1.54) is 0 Å². The van der Waals surface area contributed by atoms with Crippen LogP contribution in [-0.2, 0) is 20.9 Å². The van der Waals surface area contributed by atoms with Gasteiger partial charge in [-0.3, -0.25) is 19.3 Å². The van der Waals surface area contributed by atoms with Crippen molar-refractivity contribution in [1.82, 2.24) is 19.7 Å². The highest BCUT2D eigenvalue weighted by molar-refractivity contribution is 7.18. The van der Waals surface area contributed by atoms with E-state index >= 15 is 0 Å². The predicted octanol–water partition coefficient (Wildman–Crippen LogP) is 2.99. The zero-order valence-corrected chi connectivity index (χ0v) is 18.7. The van der Waals surface area contributed by atoms with Crippen molar-refractivity contribution in [3.8, 4) is 0 Å². The normalized spacial score (nSPS) is 19.1. The lowest BCUT2D eigenvalue weighted by atomic mass is 9.98. The summed E-state index contributed by atoms with van der Waals surface area (Å²) in [6.45, 7) is 0.605. The SMILES string of the molecule is O=C(CN1C(=O)C(=O)N(Cc2ccccc2)C1=O)N1CCC[C@@H](c2nc3ccccc3s2)C1. The van der Waals surface area contributed by atoms with Gasteiger partial charge in [-0.1, -0.05) is 42.5 Å². The molecule has 0 unspecified atom stereocenters. The van der Waals surface area contributed by atoms with E-state index in [1.807, 2.05) is 30.3 Å². The summed E-state index contributed by atoms with van der Waals surface area (Å²) < 4.78 is 1.11. The topological polar surface area (TPSA) is 90.9 Å². The standard InChI is InChI=1S/C24H22N4O4S/c29-20(15-28-23(31)22(30)27(24(28)32)13-16-7-2-1-3-8-16)26-12-6-9-17(14-26)21-25-18-10-4-5-11-19(18)33-21/h1-5,7-8,10-11,17H,6,9,12-15H2/t17-/m1/s1. The number of urea groups is 1. The second-order valence-electron chi connectivity index (χ2n) is 8.25. The number of para-hydroxylation sites is 1. The first-order chi connectivity index (χ1) is 16.0. The molecule has 9 heteroatoms. The molecule has 3 aromatic rings. The first-order valence-electron chi connectivity index (χ1n) is 10.9. The van der Waals surface area contributed by atoms with Crippen LogP contribution in [0.25, 0.3) is 10.2 Å². The number of aromatic nitrogens is 1. The number of benzene rings is 2. The molecule has 2 aliphatic rings. The summed E-state index contributed by atoms with van der Waals surface area (Å²) in [6.07, 6.45) is 1.74. The van der Waals surface area contributed by atoms with Crippen LogP contribution in [0.1, 0.15) is 29.3 Å². The van der Waals surface area contributed by atoms with Crippen molar-refractivity contribution in [2.75, 3.05) is 19.6 Å². The average molecular weight is 463 g/mol. The minimum absolute atomic E-state index is 0.00165. The molecular formula is C24H22N4O4S. The summed E-state index contributed by atoms with van der Waals surface area (Å²) in [6, 6.07) is 16.2. The number of carbonyl (C=O) groups excluding carboxylic acids is 4. The quantitative estimate of drug-likeness (QED) is 0.430. The Kier molecular flexibility index (Phi) is 5.63. The maximum absolute atomic E-state index is 13.0. The highest BCUT2D eigenvalue weighted by Crippen LogP contribution is 2.33. The van der Waals surface area contributed by atoms with E-state index in [9.17, 15) is 19.2 Å². The summed E-state index contributed by atoms with van der Waals surface area (Å²) in [5.41, 5.74) is 1.68. The molecule has 2 aromatic carbocycles. The number of nitrogens with zero attached hydrogens (tertiary/aromatic N) is 4. The van der Waals surface area contributed by atoms with Crippen LogP contribution in [0, 0.1) is 0 Å². The Hall–Kier alpha value is -3.59. The number of thiazole rings is 1. The molecule has 5 rings (SSSR count). The third-order valence-electron chi connectivity index (χ3n) is 6.05. The number of amides is 5. The maximum Gasteiger partial charge on any atom is 0.335 e. The van der Waals surface area contributed by atoms with Crippen molar-refractivity contribution in [2.45, 2.75) is 25.3 Å². The van der Waals surface area contributed by atoms with Crippen molar-refractivity contribution in [2.24, 2.45) is 0 Å². The van der Waals surface area contributed by atoms with E-state index < -0.39 is 24.4 Å².